The molecule has 1 aliphatic rings. The number of carbonyl (C=O) groups is 1. The van der Waals surface area contributed by atoms with Gasteiger partial charge in [-0.15, -0.1) is 10.2 Å². The van der Waals surface area contributed by atoms with Crippen LogP contribution in [0.4, 0.5) is 5.69 Å². The van der Waals surface area contributed by atoms with E-state index in [0.717, 1.165) is 35.5 Å². The van der Waals surface area contributed by atoms with Crippen LogP contribution in [0.5, 0.6) is 0 Å². The quantitative estimate of drug-likeness (QED) is 0.649. The zero-order valence-corrected chi connectivity index (χ0v) is 14.4. The standard InChI is InChI=1S/C16H21N5OS/c1-9-6-10(2)14(11(3)7-9)18-13(22)8-23-16-20-19-15(21(16)17)12-4-5-12/h6-7,12H,4-5,8,17H2,1-3H3,(H,18,22). The summed E-state index contributed by atoms with van der Waals surface area (Å²) in [6.45, 7) is 6.05. The number of aryl methyl sites for hydroxylation is 3. The van der Waals surface area contributed by atoms with E-state index in [1.165, 1.54) is 22.0 Å². The predicted molar refractivity (Wildman–Crippen MR) is 92.2 cm³/mol. The van der Waals surface area contributed by atoms with Gasteiger partial charge in [0, 0.05) is 11.6 Å². The van der Waals surface area contributed by atoms with Gasteiger partial charge in [-0.05, 0) is 44.7 Å². The molecule has 122 valence electrons. The number of anilines is 1. The molecule has 6 nitrogen and oxygen atoms in total. The van der Waals surface area contributed by atoms with E-state index in [9.17, 15) is 4.79 Å². The lowest BCUT2D eigenvalue weighted by Gasteiger charge is -2.12. The van der Waals surface area contributed by atoms with Gasteiger partial charge >= 0.3 is 0 Å². The summed E-state index contributed by atoms with van der Waals surface area (Å²) in [5.74, 6) is 7.43. The van der Waals surface area contributed by atoms with E-state index in [-0.39, 0.29) is 11.7 Å². The maximum Gasteiger partial charge on any atom is 0.234 e. The van der Waals surface area contributed by atoms with Gasteiger partial charge in [0.15, 0.2) is 5.82 Å². The van der Waals surface area contributed by atoms with Gasteiger partial charge in [-0.3, -0.25) is 4.79 Å². The van der Waals surface area contributed by atoms with Gasteiger partial charge < -0.3 is 11.2 Å². The number of hydrogen-bond donors (Lipinski definition) is 2. The predicted octanol–water partition coefficient (Wildman–Crippen LogP) is 2.53. The molecule has 1 amide bonds. The maximum atomic E-state index is 12.2. The van der Waals surface area contributed by atoms with E-state index in [2.05, 4.69) is 27.6 Å². The second-order valence-corrected chi connectivity index (χ2v) is 7.04. The molecule has 2 aromatic rings. The Morgan fingerprint density at radius 3 is 2.57 bits per heavy atom. The lowest BCUT2D eigenvalue weighted by atomic mass is 10.1. The van der Waals surface area contributed by atoms with Crippen LogP contribution in [0.3, 0.4) is 0 Å². The van der Waals surface area contributed by atoms with Crippen molar-refractivity contribution in [1.29, 1.82) is 0 Å². The van der Waals surface area contributed by atoms with Crippen LogP contribution in [0.2, 0.25) is 0 Å². The molecule has 23 heavy (non-hydrogen) atoms. The normalized spacial score (nSPS) is 14.0. The summed E-state index contributed by atoms with van der Waals surface area (Å²) in [4.78, 5) is 12.2. The third-order valence-electron chi connectivity index (χ3n) is 3.91. The van der Waals surface area contributed by atoms with Crippen LogP contribution in [0.1, 0.15) is 41.3 Å². The monoisotopic (exact) mass is 331 g/mol. The summed E-state index contributed by atoms with van der Waals surface area (Å²) in [5, 5.41) is 11.7. The van der Waals surface area contributed by atoms with Gasteiger partial charge in [0.1, 0.15) is 0 Å². The van der Waals surface area contributed by atoms with Crippen molar-refractivity contribution in [2.45, 2.75) is 44.7 Å². The van der Waals surface area contributed by atoms with Crippen LogP contribution in [0, 0.1) is 20.8 Å². The minimum atomic E-state index is -0.0685. The number of nitrogens with two attached hydrogens (primary N) is 1. The highest BCUT2D eigenvalue weighted by atomic mass is 32.2. The molecule has 3 rings (SSSR count). The summed E-state index contributed by atoms with van der Waals surface area (Å²) in [6.07, 6.45) is 2.24. The number of benzene rings is 1. The van der Waals surface area contributed by atoms with Crippen LogP contribution in [0.25, 0.3) is 0 Å². The number of carbonyl (C=O) groups excluding carboxylic acids is 1. The molecule has 1 saturated carbocycles. The molecule has 1 aromatic carbocycles. The van der Waals surface area contributed by atoms with Crippen LogP contribution >= 0.6 is 11.8 Å². The average Bonchev–Trinajstić information content (AvgIpc) is 3.25. The minimum Gasteiger partial charge on any atom is -0.336 e. The average molecular weight is 331 g/mol. The molecule has 1 heterocycles. The van der Waals surface area contributed by atoms with E-state index < -0.39 is 0 Å². The van der Waals surface area contributed by atoms with Crippen LogP contribution in [0.15, 0.2) is 17.3 Å². The zero-order valence-electron chi connectivity index (χ0n) is 13.6. The summed E-state index contributed by atoms with van der Waals surface area (Å²) in [5.41, 5.74) is 4.21. The fraction of sp³-hybridized carbons (Fsp3) is 0.438. The van der Waals surface area contributed by atoms with Gasteiger partial charge in [0.25, 0.3) is 0 Å². The first-order chi connectivity index (χ1) is 11.0. The van der Waals surface area contributed by atoms with E-state index >= 15 is 0 Å². The second-order valence-electron chi connectivity index (χ2n) is 6.10. The highest BCUT2D eigenvalue weighted by molar-refractivity contribution is 7.99. The summed E-state index contributed by atoms with van der Waals surface area (Å²) < 4.78 is 1.51. The topological polar surface area (TPSA) is 85.8 Å². The van der Waals surface area contributed by atoms with Crippen molar-refractivity contribution in [3.63, 3.8) is 0 Å². The Kier molecular flexibility index (Phi) is 4.30. The summed E-state index contributed by atoms with van der Waals surface area (Å²) in [6, 6.07) is 4.13. The van der Waals surface area contributed by atoms with E-state index in [0.29, 0.717) is 11.1 Å². The molecule has 0 atom stereocenters. The van der Waals surface area contributed by atoms with E-state index in [1.807, 2.05) is 20.8 Å². The highest BCUT2D eigenvalue weighted by Crippen LogP contribution is 2.39. The van der Waals surface area contributed by atoms with Crippen LogP contribution in [-0.4, -0.2) is 26.5 Å². The van der Waals surface area contributed by atoms with Crippen molar-refractivity contribution in [3.05, 3.63) is 34.6 Å². The van der Waals surface area contributed by atoms with Crippen molar-refractivity contribution in [2.75, 3.05) is 16.9 Å². The SMILES string of the molecule is Cc1cc(C)c(NC(=O)CSc2nnc(C3CC3)n2N)c(C)c1. The lowest BCUT2D eigenvalue weighted by Crippen LogP contribution is -2.18. The maximum absolute atomic E-state index is 12.2. The van der Waals surface area contributed by atoms with Crippen molar-refractivity contribution in [1.82, 2.24) is 14.9 Å². The minimum absolute atomic E-state index is 0.0685. The van der Waals surface area contributed by atoms with Gasteiger partial charge in [-0.25, -0.2) is 4.68 Å². The van der Waals surface area contributed by atoms with Crippen molar-refractivity contribution in [2.24, 2.45) is 0 Å². The Balaban J connectivity index is 1.62. The summed E-state index contributed by atoms with van der Waals surface area (Å²) in [7, 11) is 0. The first-order valence-electron chi connectivity index (χ1n) is 7.66. The Labute approximate surface area is 139 Å². The molecule has 7 heteroatoms. The molecule has 0 bridgehead atoms. The third-order valence-corrected chi connectivity index (χ3v) is 4.85. The van der Waals surface area contributed by atoms with Crippen LogP contribution < -0.4 is 11.2 Å². The second kappa shape index (κ2) is 6.23. The zero-order chi connectivity index (χ0) is 16.6. The molecule has 1 aliphatic carbocycles. The summed E-state index contributed by atoms with van der Waals surface area (Å²) >= 11 is 1.31. The molecule has 0 radical (unpaired) electrons. The number of amides is 1. The number of rotatable bonds is 5. The highest BCUT2D eigenvalue weighted by Gasteiger charge is 2.30. The molecule has 0 spiro atoms. The Bertz CT molecular complexity index is 728. The number of aromatic nitrogens is 3. The van der Waals surface area contributed by atoms with Gasteiger partial charge in [-0.2, -0.15) is 0 Å². The Morgan fingerprint density at radius 1 is 1.30 bits per heavy atom. The fourth-order valence-electron chi connectivity index (χ4n) is 2.69. The molecule has 1 aromatic heterocycles. The molecular weight excluding hydrogens is 310 g/mol. The number of nitrogen functional groups attached to an aromatic ring is 1. The number of nitrogens with zero attached hydrogens (tertiary/aromatic N) is 3. The van der Waals surface area contributed by atoms with Crippen molar-refractivity contribution in [3.8, 4) is 0 Å². The Hall–Kier alpha value is -2.02. The van der Waals surface area contributed by atoms with E-state index in [1.54, 1.807) is 0 Å². The van der Waals surface area contributed by atoms with Gasteiger partial charge in [0.2, 0.25) is 11.1 Å². The fourth-order valence-corrected chi connectivity index (χ4v) is 3.35. The van der Waals surface area contributed by atoms with E-state index in [4.69, 9.17) is 5.84 Å². The molecular formula is C16H21N5OS. The van der Waals surface area contributed by atoms with Crippen LogP contribution in [-0.2, 0) is 4.79 Å². The number of thioether (sulfide) groups is 1. The Morgan fingerprint density at radius 2 is 1.96 bits per heavy atom. The lowest BCUT2D eigenvalue weighted by molar-refractivity contribution is -0.113. The number of hydrogen-bond acceptors (Lipinski definition) is 5. The van der Waals surface area contributed by atoms with Gasteiger partial charge in [0.05, 0.1) is 5.75 Å². The first-order valence-corrected chi connectivity index (χ1v) is 8.65. The smallest absolute Gasteiger partial charge is 0.234 e. The molecule has 3 N–H and O–H groups in total. The number of nitrogens with one attached hydrogen (secondary N) is 1. The molecule has 0 saturated heterocycles. The van der Waals surface area contributed by atoms with Crippen molar-refractivity contribution < 1.29 is 4.79 Å². The molecule has 0 aliphatic heterocycles. The van der Waals surface area contributed by atoms with Gasteiger partial charge in [-0.1, -0.05) is 29.5 Å². The third kappa shape index (κ3) is 3.50. The largest absolute Gasteiger partial charge is 0.336 e. The first kappa shape index (κ1) is 15.9. The van der Waals surface area contributed by atoms with Crippen molar-refractivity contribution >= 4 is 23.4 Å². The molecule has 0 unspecified atom stereocenters. The molecule has 1 fully saturated rings.